The molecule has 2 heterocycles. The largest absolute Gasteiger partial charge is 0.348 e. The third kappa shape index (κ3) is 3.19. The normalized spacial score (nSPS) is 24.9. The molecule has 0 spiro atoms. The number of thiazole rings is 1. The van der Waals surface area contributed by atoms with Crippen LogP contribution in [0, 0.1) is 11.8 Å². The molecular weight excluding hydrogens is 230 g/mol. The fourth-order valence-corrected chi connectivity index (χ4v) is 2.96. The van der Waals surface area contributed by atoms with Gasteiger partial charge in [0, 0.05) is 31.1 Å². The molecule has 1 saturated heterocycles. The van der Waals surface area contributed by atoms with Crippen LogP contribution in [0.15, 0.2) is 5.38 Å². The maximum Gasteiger partial charge on any atom is 0.185 e. The Labute approximate surface area is 108 Å². The van der Waals surface area contributed by atoms with Crippen LogP contribution < -0.4 is 10.2 Å². The summed E-state index contributed by atoms with van der Waals surface area (Å²) in [6.45, 7) is 12.2. The highest BCUT2D eigenvalue weighted by Crippen LogP contribution is 2.29. The Morgan fingerprint density at radius 2 is 2.06 bits per heavy atom. The molecule has 2 rings (SSSR count). The van der Waals surface area contributed by atoms with Gasteiger partial charge >= 0.3 is 0 Å². The second-order valence-electron chi connectivity index (χ2n) is 5.52. The summed E-state index contributed by atoms with van der Waals surface area (Å²) in [5.41, 5.74) is 1.17. The summed E-state index contributed by atoms with van der Waals surface area (Å²) in [7, 11) is 0. The minimum Gasteiger partial charge on any atom is -0.348 e. The molecule has 0 radical (unpaired) electrons. The average Bonchev–Trinajstić information content (AvgIpc) is 2.84. The highest BCUT2D eigenvalue weighted by atomic mass is 32.1. The number of rotatable bonds is 4. The summed E-state index contributed by atoms with van der Waals surface area (Å²) < 4.78 is 0. The Bertz CT molecular complexity index is 351. The monoisotopic (exact) mass is 253 g/mol. The molecule has 1 aliphatic heterocycles. The highest BCUT2D eigenvalue weighted by Gasteiger charge is 2.27. The molecule has 4 heteroatoms. The Balaban J connectivity index is 1.94. The standard InChI is InChI=1S/C13H23N3S/c1-9(2)14-5-12-8-17-13(15-12)16-6-10(3)11(4)7-16/h8-11,14H,5-7H2,1-4H3. The van der Waals surface area contributed by atoms with Gasteiger partial charge in [-0.05, 0) is 11.8 Å². The van der Waals surface area contributed by atoms with Crippen molar-refractivity contribution in [3.63, 3.8) is 0 Å². The molecule has 0 aliphatic carbocycles. The summed E-state index contributed by atoms with van der Waals surface area (Å²) in [6, 6.07) is 0.520. The third-order valence-electron chi connectivity index (χ3n) is 3.49. The fraction of sp³-hybridized carbons (Fsp3) is 0.769. The minimum atomic E-state index is 0.520. The van der Waals surface area contributed by atoms with Gasteiger partial charge in [0.15, 0.2) is 5.13 Å². The molecule has 3 nitrogen and oxygen atoms in total. The van der Waals surface area contributed by atoms with E-state index in [-0.39, 0.29) is 0 Å². The molecular formula is C13H23N3S. The summed E-state index contributed by atoms with van der Waals surface area (Å²) >= 11 is 1.78. The molecule has 17 heavy (non-hydrogen) atoms. The van der Waals surface area contributed by atoms with Crippen molar-refractivity contribution in [2.75, 3.05) is 18.0 Å². The van der Waals surface area contributed by atoms with E-state index < -0.39 is 0 Å². The fourth-order valence-electron chi connectivity index (χ4n) is 2.12. The predicted octanol–water partition coefficient (Wildman–Crippen LogP) is 2.73. The summed E-state index contributed by atoms with van der Waals surface area (Å²) in [5, 5.41) is 6.78. The number of nitrogens with one attached hydrogen (secondary N) is 1. The predicted molar refractivity (Wildman–Crippen MR) is 74.6 cm³/mol. The van der Waals surface area contributed by atoms with E-state index in [0.29, 0.717) is 6.04 Å². The van der Waals surface area contributed by atoms with Crippen LogP contribution in [-0.2, 0) is 6.54 Å². The van der Waals surface area contributed by atoms with Crippen molar-refractivity contribution < 1.29 is 0 Å². The summed E-state index contributed by atoms with van der Waals surface area (Å²) in [6.07, 6.45) is 0. The van der Waals surface area contributed by atoms with Crippen molar-refractivity contribution in [3.05, 3.63) is 11.1 Å². The highest BCUT2D eigenvalue weighted by molar-refractivity contribution is 7.13. The second-order valence-corrected chi connectivity index (χ2v) is 6.35. The van der Waals surface area contributed by atoms with Crippen LogP contribution in [0.5, 0.6) is 0 Å². The maximum absolute atomic E-state index is 4.72. The van der Waals surface area contributed by atoms with E-state index in [1.54, 1.807) is 11.3 Å². The van der Waals surface area contributed by atoms with Gasteiger partial charge in [0.1, 0.15) is 0 Å². The molecule has 96 valence electrons. The molecule has 0 amide bonds. The van der Waals surface area contributed by atoms with Crippen LogP contribution in [0.25, 0.3) is 0 Å². The van der Waals surface area contributed by atoms with E-state index in [4.69, 9.17) is 4.98 Å². The van der Waals surface area contributed by atoms with Crippen LogP contribution >= 0.6 is 11.3 Å². The van der Waals surface area contributed by atoms with E-state index in [2.05, 4.69) is 43.3 Å². The van der Waals surface area contributed by atoms with Crippen LogP contribution in [0.2, 0.25) is 0 Å². The number of nitrogens with zero attached hydrogens (tertiary/aromatic N) is 2. The van der Waals surface area contributed by atoms with Gasteiger partial charge in [0.2, 0.25) is 0 Å². The molecule has 1 fully saturated rings. The van der Waals surface area contributed by atoms with E-state index in [9.17, 15) is 0 Å². The first-order valence-corrected chi connectivity index (χ1v) is 7.37. The molecule has 1 aromatic rings. The Hall–Kier alpha value is -0.610. The third-order valence-corrected chi connectivity index (χ3v) is 4.44. The van der Waals surface area contributed by atoms with Crippen molar-refractivity contribution in [1.29, 1.82) is 0 Å². The number of anilines is 1. The topological polar surface area (TPSA) is 28.2 Å². The van der Waals surface area contributed by atoms with Gasteiger partial charge in [-0.2, -0.15) is 0 Å². The van der Waals surface area contributed by atoms with Crippen molar-refractivity contribution >= 4 is 16.5 Å². The molecule has 0 bridgehead atoms. The molecule has 1 N–H and O–H groups in total. The van der Waals surface area contributed by atoms with Crippen molar-refractivity contribution in [1.82, 2.24) is 10.3 Å². The average molecular weight is 253 g/mol. The number of hydrogen-bond donors (Lipinski definition) is 1. The van der Waals surface area contributed by atoms with E-state index >= 15 is 0 Å². The smallest absolute Gasteiger partial charge is 0.185 e. The summed E-state index contributed by atoms with van der Waals surface area (Å²) in [5.74, 6) is 1.58. The van der Waals surface area contributed by atoms with Crippen molar-refractivity contribution in [2.45, 2.75) is 40.3 Å². The molecule has 0 saturated carbocycles. The second kappa shape index (κ2) is 5.36. The molecule has 0 aromatic carbocycles. The molecule has 2 unspecified atom stereocenters. The van der Waals surface area contributed by atoms with Gasteiger partial charge in [-0.3, -0.25) is 0 Å². The minimum absolute atomic E-state index is 0.520. The number of hydrogen-bond acceptors (Lipinski definition) is 4. The van der Waals surface area contributed by atoms with Gasteiger partial charge in [0.05, 0.1) is 5.69 Å². The Morgan fingerprint density at radius 1 is 1.41 bits per heavy atom. The van der Waals surface area contributed by atoms with E-state index in [1.165, 1.54) is 10.8 Å². The zero-order chi connectivity index (χ0) is 12.4. The van der Waals surface area contributed by atoms with Crippen LogP contribution in [0.3, 0.4) is 0 Å². The lowest BCUT2D eigenvalue weighted by Crippen LogP contribution is -2.22. The lowest BCUT2D eigenvalue weighted by atomic mass is 10.0. The summed E-state index contributed by atoms with van der Waals surface area (Å²) in [4.78, 5) is 7.14. The van der Waals surface area contributed by atoms with Gasteiger partial charge in [-0.1, -0.05) is 27.7 Å². The van der Waals surface area contributed by atoms with E-state index in [0.717, 1.165) is 31.5 Å². The quantitative estimate of drug-likeness (QED) is 0.894. The molecule has 2 atom stereocenters. The van der Waals surface area contributed by atoms with Crippen LogP contribution in [0.4, 0.5) is 5.13 Å². The number of aromatic nitrogens is 1. The van der Waals surface area contributed by atoms with E-state index in [1.807, 2.05) is 0 Å². The van der Waals surface area contributed by atoms with Crippen molar-refractivity contribution in [2.24, 2.45) is 11.8 Å². The SMILES string of the molecule is CC(C)NCc1csc(N2CC(C)C(C)C2)n1. The Kier molecular flexibility index (Phi) is 4.05. The van der Waals surface area contributed by atoms with Crippen LogP contribution in [-0.4, -0.2) is 24.1 Å². The van der Waals surface area contributed by atoms with Gasteiger partial charge in [-0.25, -0.2) is 4.98 Å². The zero-order valence-corrected chi connectivity index (χ0v) is 12.0. The first-order chi connectivity index (χ1) is 8.06. The molecule has 1 aromatic heterocycles. The molecule has 1 aliphatic rings. The maximum atomic E-state index is 4.72. The Morgan fingerprint density at radius 3 is 2.65 bits per heavy atom. The van der Waals surface area contributed by atoms with Gasteiger partial charge in [-0.15, -0.1) is 11.3 Å². The van der Waals surface area contributed by atoms with Gasteiger partial charge < -0.3 is 10.2 Å². The zero-order valence-electron chi connectivity index (χ0n) is 11.2. The first-order valence-electron chi connectivity index (χ1n) is 6.49. The van der Waals surface area contributed by atoms with Crippen molar-refractivity contribution in [3.8, 4) is 0 Å². The van der Waals surface area contributed by atoms with Gasteiger partial charge in [0.25, 0.3) is 0 Å². The van der Waals surface area contributed by atoms with Crippen LogP contribution in [0.1, 0.15) is 33.4 Å². The first kappa shape index (κ1) is 12.8. The lowest BCUT2D eigenvalue weighted by molar-refractivity contribution is 0.494. The lowest BCUT2D eigenvalue weighted by Gasteiger charge is -2.13.